The minimum atomic E-state index is -4.22. The van der Waals surface area contributed by atoms with Crippen LogP contribution in [0.1, 0.15) is 29.3 Å². The molecule has 0 fully saturated rings. The van der Waals surface area contributed by atoms with E-state index in [0.717, 1.165) is 32.9 Å². The monoisotopic (exact) mass is 581 g/mol. The largest absolute Gasteiger partial charge is 0.465 e. The molecular formula is C32H31N5O4S. The lowest BCUT2D eigenvalue weighted by atomic mass is 10.0. The fourth-order valence-corrected chi connectivity index (χ4v) is 6.48. The SMILES string of the molecule is CCOC(=O)CN(c1ccc2c(C)cc(CCc3ccc(C(=N)N)cc3)nc2c1)S(=O)(=O)c1cccc2cccnc12. The van der Waals surface area contributed by atoms with Gasteiger partial charge in [-0.15, -0.1) is 0 Å². The van der Waals surface area contributed by atoms with Gasteiger partial charge in [0.05, 0.1) is 23.3 Å². The molecule has 214 valence electrons. The van der Waals surface area contributed by atoms with Gasteiger partial charge in [0, 0.05) is 28.2 Å². The number of pyridine rings is 2. The first-order valence-electron chi connectivity index (χ1n) is 13.5. The number of nitrogens with two attached hydrogens (primary N) is 1. The van der Waals surface area contributed by atoms with E-state index in [1.807, 2.05) is 43.3 Å². The lowest BCUT2D eigenvalue weighted by Gasteiger charge is -2.24. The van der Waals surface area contributed by atoms with Gasteiger partial charge in [-0.05, 0) is 68.1 Å². The molecule has 2 heterocycles. The van der Waals surface area contributed by atoms with Gasteiger partial charge in [-0.25, -0.2) is 8.42 Å². The first kappa shape index (κ1) is 28.7. The molecule has 0 aliphatic heterocycles. The van der Waals surface area contributed by atoms with Crippen LogP contribution in [0.5, 0.6) is 0 Å². The summed E-state index contributed by atoms with van der Waals surface area (Å²) in [7, 11) is -4.22. The number of sulfonamides is 1. The van der Waals surface area contributed by atoms with E-state index in [0.29, 0.717) is 34.1 Å². The Balaban J connectivity index is 1.53. The van der Waals surface area contributed by atoms with Crippen LogP contribution in [0.4, 0.5) is 5.69 Å². The minimum Gasteiger partial charge on any atom is -0.465 e. The first-order valence-corrected chi connectivity index (χ1v) is 15.0. The summed E-state index contributed by atoms with van der Waals surface area (Å²) in [6, 6.07) is 23.3. The van der Waals surface area contributed by atoms with Crippen molar-refractivity contribution in [2.75, 3.05) is 17.5 Å². The third-order valence-corrected chi connectivity index (χ3v) is 8.82. The van der Waals surface area contributed by atoms with Crippen LogP contribution in [0.3, 0.4) is 0 Å². The van der Waals surface area contributed by atoms with Gasteiger partial charge >= 0.3 is 5.97 Å². The van der Waals surface area contributed by atoms with Crippen LogP contribution in [0.2, 0.25) is 0 Å². The zero-order valence-corrected chi connectivity index (χ0v) is 24.2. The number of nitrogens with zero attached hydrogens (tertiary/aromatic N) is 3. The van der Waals surface area contributed by atoms with Crippen molar-refractivity contribution in [3.8, 4) is 0 Å². The Morgan fingerprint density at radius 1 is 1.00 bits per heavy atom. The summed E-state index contributed by atoms with van der Waals surface area (Å²) < 4.78 is 34.4. The lowest BCUT2D eigenvalue weighted by Crippen LogP contribution is -2.36. The molecule has 10 heteroatoms. The molecule has 0 amide bonds. The lowest BCUT2D eigenvalue weighted by molar-refractivity contribution is -0.141. The zero-order chi connectivity index (χ0) is 29.9. The number of para-hydroxylation sites is 1. The molecule has 3 aromatic carbocycles. The summed E-state index contributed by atoms with van der Waals surface area (Å²) in [5.74, 6) is -0.636. The van der Waals surface area contributed by atoms with Crippen LogP contribution < -0.4 is 10.0 Å². The number of esters is 1. The van der Waals surface area contributed by atoms with Crippen LogP contribution in [0.25, 0.3) is 21.8 Å². The summed E-state index contributed by atoms with van der Waals surface area (Å²) in [6.45, 7) is 3.29. The molecule has 0 saturated heterocycles. The Morgan fingerprint density at radius 3 is 2.50 bits per heavy atom. The second-order valence-electron chi connectivity index (χ2n) is 9.89. The third-order valence-electron chi connectivity index (χ3n) is 7.02. The van der Waals surface area contributed by atoms with E-state index in [1.54, 1.807) is 49.5 Å². The van der Waals surface area contributed by atoms with Gasteiger partial charge < -0.3 is 10.5 Å². The van der Waals surface area contributed by atoms with E-state index in [4.69, 9.17) is 20.9 Å². The number of amidine groups is 1. The Labute approximate surface area is 244 Å². The highest BCUT2D eigenvalue weighted by atomic mass is 32.2. The van der Waals surface area contributed by atoms with Gasteiger partial charge in [0.2, 0.25) is 0 Å². The van der Waals surface area contributed by atoms with Gasteiger partial charge in [-0.3, -0.25) is 24.5 Å². The number of hydrogen-bond acceptors (Lipinski definition) is 7. The Morgan fingerprint density at radius 2 is 1.76 bits per heavy atom. The second kappa shape index (κ2) is 12.0. The molecule has 3 N–H and O–H groups in total. The van der Waals surface area contributed by atoms with Crippen LogP contribution in [0, 0.1) is 12.3 Å². The Kier molecular flexibility index (Phi) is 8.17. The van der Waals surface area contributed by atoms with E-state index >= 15 is 0 Å². The van der Waals surface area contributed by atoms with E-state index in [2.05, 4.69) is 4.98 Å². The number of carbonyl (C=O) groups is 1. The maximum Gasteiger partial charge on any atom is 0.326 e. The summed E-state index contributed by atoms with van der Waals surface area (Å²) in [5, 5.41) is 9.12. The minimum absolute atomic E-state index is 0.00122. The predicted molar refractivity (Wildman–Crippen MR) is 164 cm³/mol. The second-order valence-corrected chi connectivity index (χ2v) is 11.7. The normalized spacial score (nSPS) is 11.5. The molecule has 0 radical (unpaired) electrons. The molecule has 9 nitrogen and oxygen atoms in total. The van der Waals surface area contributed by atoms with Gasteiger partial charge in [-0.2, -0.15) is 0 Å². The molecular weight excluding hydrogens is 550 g/mol. The van der Waals surface area contributed by atoms with Gasteiger partial charge in [-0.1, -0.05) is 48.5 Å². The van der Waals surface area contributed by atoms with Crippen molar-refractivity contribution >= 4 is 49.3 Å². The van der Waals surface area contributed by atoms with Crippen molar-refractivity contribution in [1.82, 2.24) is 9.97 Å². The van der Waals surface area contributed by atoms with Crippen molar-refractivity contribution in [2.45, 2.75) is 31.6 Å². The number of aryl methyl sites for hydroxylation is 3. The number of fused-ring (bicyclic) bond motifs is 2. The average Bonchev–Trinajstić information content (AvgIpc) is 2.98. The highest BCUT2D eigenvalue weighted by Crippen LogP contribution is 2.31. The van der Waals surface area contributed by atoms with Crippen LogP contribution >= 0.6 is 0 Å². The molecule has 0 bridgehead atoms. The molecule has 0 atom stereocenters. The van der Waals surface area contributed by atoms with E-state index in [-0.39, 0.29) is 17.3 Å². The molecule has 0 unspecified atom stereocenters. The van der Waals surface area contributed by atoms with Crippen LogP contribution in [-0.4, -0.2) is 43.3 Å². The summed E-state index contributed by atoms with van der Waals surface area (Å²) >= 11 is 0. The smallest absolute Gasteiger partial charge is 0.326 e. The zero-order valence-electron chi connectivity index (χ0n) is 23.4. The summed E-state index contributed by atoms with van der Waals surface area (Å²) in [6.07, 6.45) is 2.93. The molecule has 0 saturated carbocycles. The van der Waals surface area contributed by atoms with Gasteiger partial charge in [0.15, 0.2) is 0 Å². The summed E-state index contributed by atoms with van der Waals surface area (Å²) in [4.78, 5) is 21.8. The number of benzene rings is 3. The Bertz CT molecular complexity index is 1900. The highest BCUT2D eigenvalue weighted by molar-refractivity contribution is 7.93. The van der Waals surface area contributed by atoms with E-state index < -0.39 is 22.5 Å². The number of hydrogen-bond donors (Lipinski definition) is 2. The third kappa shape index (κ3) is 5.94. The van der Waals surface area contributed by atoms with Crippen LogP contribution in [0.15, 0.2) is 90.0 Å². The number of aromatic nitrogens is 2. The highest BCUT2D eigenvalue weighted by Gasteiger charge is 2.30. The molecule has 42 heavy (non-hydrogen) atoms. The van der Waals surface area contributed by atoms with Gasteiger partial charge in [0.25, 0.3) is 10.0 Å². The maximum absolute atomic E-state index is 14.1. The standard InChI is InChI=1S/C32H31N5O4S/c1-3-41-30(38)20-37(42(39,40)29-8-4-6-23-7-5-17-35-31(23)29)26-15-16-27-21(2)18-25(36-28(27)19-26)14-11-22-9-12-24(13-10-22)32(33)34/h4-10,12-13,15-19H,3,11,14,20H2,1-2H3,(H3,33,34). The fraction of sp³-hybridized carbons (Fsp3) is 0.188. The molecule has 5 rings (SSSR count). The van der Waals surface area contributed by atoms with Crippen molar-refractivity contribution in [1.29, 1.82) is 5.41 Å². The first-order chi connectivity index (χ1) is 20.2. The molecule has 0 aliphatic rings. The van der Waals surface area contributed by atoms with Crippen molar-refractivity contribution in [3.63, 3.8) is 0 Å². The number of rotatable bonds is 10. The predicted octanol–water partition coefficient (Wildman–Crippen LogP) is 4.92. The van der Waals surface area contributed by atoms with E-state index in [9.17, 15) is 13.2 Å². The molecule has 0 spiro atoms. The average molecular weight is 582 g/mol. The van der Waals surface area contributed by atoms with Crippen LogP contribution in [-0.2, 0) is 32.4 Å². The number of nitrogens with one attached hydrogen (secondary N) is 1. The summed E-state index contributed by atoms with van der Waals surface area (Å²) in [5.41, 5.74) is 10.4. The van der Waals surface area contributed by atoms with Crippen molar-refractivity contribution in [2.24, 2.45) is 5.73 Å². The molecule has 2 aromatic heterocycles. The molecule has 0 aliphatic carbocycles. The van der Waals surface area contributed by atoms with E-state index in [1.165, 1.54) is 6.07 Å². The quantitative estimate of drug-likeness (QED) is 0.136. The number of carbonyl (C=O) groups excluding carboxylic acids is 1. The van der Waals surface area contributed by atoms with Crippen molar-refractivity contribution in [3.05, 3.63) is 107 Å². The van der Waals surface area contributed by atoms with Gasteiger partial charge in [0.1, 0.15) is 17.3 Å². The number of nitrogen functional groups attached to an aromatic ring is 1. The Hall–Kier alpha value is -4.83. The van der Waals surface area contributed by atoms with Crippen molar-refractivity contribution < 1.29 is 17.9 Å². The maximum atomic E-state index is 14.1. The number of ether oxygens (including phenoxy) is 1. The fourth-order valence-electron chi connectivity index (χ4n) is 4.91. The molecule has 5 aromatic rings. The topological polar surface area (TPSA) is 139 Å². The number of anilines is 1.